The lowest BCUT2D eigenvalue weighted by Gasteiger charge is -2.24. The molecule has 4 nitrogen and oxygen atoms in total. The average Bonchev–Trinajstić information content (AvgIpc) is 2.66. The first-order valence-corrected chi connectivity index (χ1v) is 5.99. The van der Waals surface area contributed by atoms with Crippen LogP contribution in [-0.4, -0.2) is 10.1 Å². The Morgan fingerprint density at radius 3 is 2.94 bits per heavy atom. The fourth-order valence-electron chi connectivity index (χ4n) is 2.26. The van der Waals surface area contributed by atoms with Crippen molar-refractivity contribution in [1.29, 1.82) is 0 Å². The fourth-order valence-corrected chi connectivity index (χ4v) is 2.26. The highest BCUT2D eigenvalue weighted by Crippen LogP contribution is 2.35. The van der Waals surface area contributed by atoms with Crippen molar-refractivity contribution < 1.29 is 4.52 Å². The number of nitrogens with zero attached hydrogens (tertiary/aromatic N) is 2. The van der Waals surface area contributed by atoms with Gasteiger partial charge in [0.05, 0.1) is 5.56 Å². The molecule has 0 aromatic carbocycles. The first kappa shape index (κ1) is 10.3. The van der Waals surface area contributed by atoms with Gasteiger partial charge in [0.15, 0.2) is 5.82 Å². The summed E-state index contributed by atoms with van der Waals surface area (Å²) in [6.07, 6.45) is 8.39. The van der Waals surface area contributed by atoms with Gasteiger partial charge in [0.2, 0.25) is 0 Å². The van der Waals surface area contributed by atoms with Crippen LogP contribution in [0.2, 0.25) is 0 Å². The van der Waals surface area contributed by atoms with Gasteiger partial charge in [0, 0.05) is 24.4 Å². The molecule has 2 aromatic heterocycles. The molecule has 0 bridgehead atoms. The lowest BCUT2D eigenvalue weighted by atomic mass is 9.81. The number of hydrogen-bond acceptors (Lipinski definition) is 4. The maximum absolute atomic E-state index is 5.88. The molecule has 2 aromatic rings. The summed E-state index contributed by atoms with van der Waals surface area (Å²) in [5.41, 5.74) is 7.78. The molecule has 2 heterocycles. The van der Waals surface area contributed by atoms with E-state index in [0.29, 0.717) is 5.82 Å². The van der Waals surface area contributed by atoms with Gasteiger partial charge in [-0.25, -0.2) is 0 Å². The second kappa shape index (κ2) is 4.20. The lowest BCUT2D eigenvalue weighted by molar-refractivity contribution is 0.279. The van der Waals surface area contributed by atoms with Crippen LogP contribution in [0.3, 0.4) is 0 Å². The lowest BCUT2D eigenvalue weighted by Crippen LogP contribution is -2.13. The zero-order valence-corrected chi connectivity index (χ0v) is 9.60. The molecule has 17 heavy (non-hydrogen) atoms. The molecule has 3 rings (SSSR count). The van der Waals surface area contributed by atoms with Gasteiger partial charge in [-0.3, -0.25) is 4.98 Å². The van der Waals surface area contributed by atoms with E-state index in [9.17, 15) is 0 Å². The van der Waals surface area contributed by atoms with E-state index in [4.69, 9.17) is 10.3 Å². The first-order chi connectivity index (χ1) is 8.34. The Hall–Kier alpha value is -1.84. The van der Waals surface area contributed by atoms with Crippen molar-refractivity contribution in [2.75, 3.05) is 5.73 Å². The summed E-state index contributed by atoms with van der Waals surface area (Å²) in [5.74, 6) is 2.10. The normalized spacial score (nSPS) is 15.8. The quantitative estimate of drug-likeness (QED) is 0.878. The molecular formula is C13H15N3O. The largest absolute Gasteiger partial charge is 0.380 e. The average molecular weight is 229 g/mol. The number of nitrogens with two attached hydrogens (primary N) is 1. The highest BCUT2D eigenvalue weighted by atomic mass is 16.5. The Labute approximate surface area is 99.8 Å². The molecule has 0 radical (unpaired) electrons. The second-order valence-electron chi connectivity index (χ2n) is 4.61. The van der Waals surface area contributed by atoms with Gasteiger partial charge in [-0.05, 0) is 12.0 Å². The molecule has 0 atom stereocenters. The molecule has 1 saturated carbocycles. The molecule has 88 valence electrons. The van der Waals surface area contributed by atoms with Crippen molar-refractivity contribution >= 4 is 5.82 Å². The fraction of sp³-hybridized carbons (Fsp3) is 0.385. The number of anilines is 1. The molecule has 1 fully saturated rings. The van der Waals surface area contributed by atoms with E-state index in [1.807, 2.05) is 12.1 Å². The minimum absolute atomic E-state index is 0.465. The van der Waals surface area contributed by atoms with Gasteiger partial charge in [-0.15, -0.1) is 0 Å². The van der Waals surface area contributed by atoms with Crippen molar-refractivity contribution in [3.63, 3.8) is 0 Å². The first-order valence-electron chi connectivity index (χ1n) is 5.99. The third-order valence-electron chi connectivity index (χ3n) is 3.44. The van der Waals surface area contributed by atoms with Crippen LogP contribution in [0.1, 0.15) is 25.0 Å². The maximum atomic E-state index is 5.88. The van der Waals surface area contributed by atoms with Crippen LogP contribution in [0.15, 0.2) is 29.0 Å². The van der Waals surface area contributed by atoms with Crippen molar-refractivity contribution in [2.45, 2.75) is 25.7 Å². The zero-order valence-electron chi connectivity index (χ0n) is 9.60. The third-order valence-corrected chi connectivity index (χ3v) is 3.44. The van der Waals surface area contributed by atoms with E-state index in [-0.39, 0.29) is 0 Å². The molecule has 0 spiro atoms. The Balaban J connectivity index is 1.94. The van der Waals surface area contributed by atoms with E-state index in [0.717, 1.165) is 29.2 Å². The molecule has 0 unspecified atom stereocenters. The minimum atomic E-state index is 0.465. The van der Waals surface area contributed by atoms with E-state index in [2.05, 4.69) is 10.1 Å². The SMILES string of the molecule is Nc1noc(CC2CCC2)c1-c1cccnc1. The van der Waals surface area contributed by atoms with Gasteiger partial charge in [-0.1, -0.05) is 30.5 Å². The van der Waals surface area contributed by atoms with Gasteiger partial charge >= 0.3 is 0 Å². The Kier molecular flexibility index (Phi) is 2.55. The summed E-state index contributed by atoms with van der Waals surface area (Å²) >= 11 is 0. The topological polar surface area (TPSA) is 64.9 Å². The van der Waals surface area contributed by atoms with Crippen LogP contribution in [0.5, 0.6) is 0 Å². The zero-order chi connectivity index (χ0) is 11.7. The Morgan fingerprint density at radius 2 is 2.29 bits per heavy atom. The second-order valence-corrected chi connectivity index (χ2v) is 4.61. The van der Waals surface area contributed by atoms with Crippen LogP contribution in [0.4, 0.5) is 5.82 Å². The van der Waals surface area contributed by atoms with Crippen LogP contribution in [-0.2, 0) is 6.42 Å². The van der Waals surface area contributed by atoms with Crippen molar-refractivity contribution in [3.05, 3.63) is 30.3 Å². The molecule has 1 aliphatic rings. The summed E-state index contributed by atoms with van der Waals surface area (Å²) < 4.78 is 5.35. The predicted octanol–water partition coefficient (Wildman–Crippen LogP) is 2.66. The smallest absolute Gasteiger partial charge is 0.175 e. The third kappa shape index (κ3) is 1.90. The number of aromatic nitrogens is 2. The number of pyridine rings is 1. The standard InChI is InChI=1S/C13H15N3O/c14-13-12(10-5-2-6-15-8-10)11(17-16-13)7-9-3-1-4-9/h2,5-6,8-9H,1,3-4,7H2,(H2,14,16). The number of nitrogen functional groups attached to an aromatic ring is 1. The van der Waals surface area contributed by atoms with Crippen molar-refractivity contribution in [1.82, 2.24) is 10.1 Å². The van der Waals surface area contributed by atoms with Gasteiger partial charge in [-0.2, -0.15) is 0 Å². The van der Waals surface area contributed by atoms with Gasteiger partial charge in [0.25, 0.3) is 0 Å². The molecule has 0 aliphatic heterocycles. The summed E-state index contributed by atoms with van der Waals surface area (Å²) in [5, 5.41) is 3.88. The van der Waals surface area contributed by atoms with Crippen LogP contribution in [0.25, 0.3) is 11.1 Å². The molecular weight excluding hydrogens is 214 g/mol. The molecule has 4 heteroatoms. The molecule has 0 saturated heterocycles. The molecule has 0 amide bonds. The highest BCUT2D eigenvalue weighted by molar-refractivity contribution is 5.74. The number of hydrogen-bond donors (Lipinski definition) is 1. The summed E-state index contributed by atoms with van der Waals surface area (Å²) in [4.78, 5) is 4.11. The monoisotopic (exact) mass is 229 g/mol. The van der Waals surface area contributed by atoms with Crippen LogP contribution < -0.4 is 5.73 Å². The molecule has 2 N–H and O–H groups in total. The van der Waals surface area contributed by atoms with Crippen molar-refractivity contribution in [3.8, 4) is 11.1 Å². The van der Waals surface area contributed by atoms with E-state index in [1.165, 1.54) is 19.3 Å². The number of rotatable bonds is 3. The highest BCUT2D eigenvalue weighted by Gasteiger charge is 2.23. The Morgan fingerprint density at radius 1 is 1.41 bits per heavy atom. The Bertz CT molecular complexity index is 503. The van der Waals surface area contributed by atoms with Crippen LogP contribution >= 0.6 is 0 Å². The molecule has 1 aliphatic carbocycles. The summed E-state index contributed by atoms with van der Waals surface area (Å²) in [6, 6.07) is 3.88. The van der Waals surface area contributed by atoms with E-state index >= 15 is 0 Å². The summed E-state index contributed by atoms with van der Waals surface area (Å²) in [7, 11) is 0. The maximum Gasteiger partial charge on any atom is 0.175 e. The van der Waals surface area contributed by atoms with E-state index in [1.54, 1.807) is 12.4 Å². The van der Waals surface area contributed by atoms with Gasteiger partial charge in [0.1, 0.15) is 5.76 Å². The van der Waals surface area contributed by atoms with E-state index < -0.39 is 0 Å². The minimum Gasteiger partial charge on any atom is -0.380 e. The van der Waals surface area contributed by atoms with Gasteiger partial charge < -0.3 is 10.3 Å². The van der Waals surface area contributed by atoms with Crippen LogP contribution in [0, 0.1) is 5.92 Å². The summed E-state index contributed by atoms with van der Waals surface area (Å²) in [6.45, 7) is 0. The predicted molar refractivity (Wildman–Crippen MR) is 65.2 cm³/mol. The van der Waals surface area contributed by atoms with Crippen molar-refractivity contribution in [2.24, 2.45) is 5.92 Å².